The minimum Gasteiger partial charge on any atom is -0.439 e. The maximum atomic E-state index is 12.0. The van der Waals surface area contributed by atoms with E-state index in [0.29, 0.717) is 12.2 Å². The van der Waals surface area contributed by atoms with E-state index in [1.54, 1.807) is 0 Å². The van der Waals surface area contributed by atoms with Crippen molar-refractivity contribution in [2.45, 2.75) is 19.7 Å². The smallest absolute Gasteiger partial charge is 0.439 e. The largest absolute Gasteiger partial charge is 0.573 e. The summed E-state index contributed by atoms with van der Waals surface area (Å²) >= 11 is 0. The summed E-state index contributed by atoms with van der Waals surface area (Å²) in [6, 6.07) is 5.94. The van der Waals surface area contributed by atoms with E-state index in [2.05, 4.69) is 14.7 Å². The molecule has 0 aliphatic rings. The molecule has 0 radical (unpaired) electrons. The van der Waals surface area contributed by atoms with Crippen molar-refractivity contribution < 1.29 is 22.6 Å². The predicted molar refractivity (Wildman–Crippen MR) is 67.4 cm³/mol. The summed E-state index contributed by atoms with van der Waals surface area (Å²) in [4.78, 5) is 17.9. The van der Waals surface area contributed by atoms with Crippen molar-refractivity contribution >= 4 is 0 Å². The van der Waals surface area contributed by atoms with E-state index in [0.717, 1.165) is 18.2 Å². The molecule has 1 aromatic heterocycles. The van der Waals surface area contributed by atoms with Crippen LogP contribution in [0.2, 0.25) is 0 Å². The maximum Gasteiger partial charge on any atom is 0.573 e. The molecule has 21 heavy (non-hydrogen) atoms. The van der Waals surface area contributed by atoms with Gasteiger partial charge in [0.2, 0.25) is 5.88 Å². The van der Waals surface area contributed by atoms with Crippen LogP contribution >= 0.6 is 0 Å². The lowest BCUT2D eigenvalue weighted by Crippen LogP contribution is -2.16. The Morgan fingerprint density at radius 2 is 1.81 bits per heavy atom. The van der Waals surface area contributed by atoms with Crippen LogP contribution in [0, 0.1) is 0 Å². The molecule has 0 saturated carbocycles. The third kappa shape index (κ3) is 4.51. The summed E-state index contributed by atoms with van der Waals surface area (Å²) in [5.41, 5.74) is -0.367. The predicted octanol–water partition coefficient (Wildman–Crippen LogP) is 3.02. The SMILES string of the molecule is CCc1nc(Oc2ccc(OC(F)(F)F)cc2)cc(=O)[nH]1. The monoisotopic (exact) mass is 300 g/mol. The first-order chi connectivity index (χ1) is 9.85. The van der Waals surface area contributed by atoms with E-state index in [1.807, 2.05) is 6.92 Å². The number of nitrogens with one attached hydrogen (secondary N) is 1. The Bertz CT molecular complexity index is 666. The fraction of sp³-hybridized carbons (Fsp3) is 0.231. The minimum absolute atomic E-state index is 0.0695. The van der Waals surface area contributed by atoms with Crippen molar-refractivity contribution in [2.24, 2.45) is 0 Å². The summed E-state index contributed by atoms with van der Waals surface area (Å²) < 4.78 is 45.1. The molecule has 5 nitrogen and oxygen atoms in total. The zero-order chi connectivity index (χ0) is 15.5. The zero-order valence-electron chi connectivity index (χ0n) is 10.9. The second kappa shape index (κ2) is 5.86. The number of rotatable bonds is 4. The molecule has 1 aromatic carbocycles. The molecular weight excluding hydrogens is 289 g/mol. The van der Waals surface area contributed by atoms with Gasteiger partial charge in [0.05, 0.1) is 6.07 Å². The first-order valence-corrected chi connectivity index (χ1v) is 5.99. The van der Waals surface area contributed by atoms with Gasteiger partial charge in [-0.3, -0.25) is 4.79 Å². The van der Waals surface area contributed by atoms with Gasteiger partial charge < -0.3 is 14.5 Å². The van der Waals surface area contributed by atoms with Crippen molar-refractivity contribution in [1.29, 1.82) is 0 Å². The number of aromatic amines is 1. The van der Waals surface area contributed by atoms with E-state index >= 15 is 0 Å². The fourth-order valence-corrected chi connectivity index (χ4v) is 1.53. The lowest BCUT2D eigenvalue weighted by molar-refractivity contribution is -0.274. The summed E-state index contributed by atoms with van der Waals surface area (Å²) in [7, 11) is 0. The molecule has 0 aliphatic heterocycles. The topological polar surface area (TPSA) is 64.2 Å². The number of H-pyrrole nitrogens is 1. The summed E-state index contributed by atoms with van der Waals surface area (Å²) in [5.74, 6) is 0.405. The van der Waals surface area contributed by atoms with Gasteiger partial charge in [-0.15, -0.1) is 13.2 Å². The van der Waals surface area contributed by atoms with E-state index in [-0.39, 0.29) is 22.9 Å². The normalized spacial score (nSPS) is 11.2. The number of nitrogens with zero attached hydrogens (tertiary/aromatic N) is 1. The zero-order valence-corrected chi connectivity index (χ0v) is 10.9. The van der Waals surface area contributed by atoms with Gasteiger partial charge in [-0.1, -0.05) is 6.92 Å². The van der Waals surface area contributed by atoms with E-state index in [9.17, 15) is 18.0 Å². The van der Waals surface area contributed by atoms with Crippen molar-refractivity contribution in [3.05, 3.63) is 46.5 Å². The summed E-state index contributed by atoms with van der Waals surface area (Å²) in [6.45, 7) is 1.81. The highest BCUT2D eigenvalue weighted by molar-refractivity contribution is 5.33. The van der Waals surface area contributed by atoms with Crippen molar-refractivity contribution in [3.8, 4) is 17.4 Å². The lowest BCUT2D eigenvalue weighted by atomic mass is 10.3. The Labute approximate surface area is 117 Å². The van der Waals surface area contributed by atoms with Gasteiger partial charge in [-0.2, -0.15) is 4.98 Å². The number of hydrogen-bond donors (Lipinski definition) is 1. The molecule has 0 unspecified atom stereocenters. The Kier molecular flexibility index (Phi) is 4.15. The van der Waals surface area contributed by atoms with E-state index < -0.39 is 6.36 Å². The molecule has 2 rings (SSSR count). The maximum absolute atomic E-state index is 12.0. The third-order valence-corrected chi connectivity index (χ3v) is 2.38. The average Bonchev–Trinajstić information content (AvgIpc) is 2.38. The van der Waals surface area contributed by atoms with E-state index in [1.165, 1.54) is 12.1 Å². The van der Waals surface area contributed by atoms with Gasteiger partial charge in [-0.05, 0) is 24.3 Å². The molecule has 0 bridgehead atoms. The molecular formula is C13H11F3N2O3. The van der Waals surface area contributed by atoms with Crippen LogP contribution in [-0.4, -0.2) is 16.3 Å². The highest BCUT2D eigenvalue weighted by atomic mass is 19.4. The van der Waals surface area contributed by atoms with Crippen LogP contribution in [0.3, 0.4) is 0 Å². The number of alkyl halides is 3. The van der Waals surface area contributed by atoms with Gasteiger partial charge in [0.15, 0.2) is 0 Å². The third-order valence-electron chi connectivity index (χ3n) is 2.38. The molecule has 112 valence electrons. The Morgan fingerprint density at radius 1 is 1.19 bits per heavy atom. The van der Waals surface area contributed by atoms with Crippen LogP contribution in [0.4, 0.5) is 13.2 Å². The highest BCUT2D eigenvalue weighted by Crippen LogP contribution is 2.26. The molecule has 0 saturated heterocycles. The highest BCUT2D eigenvalue weighted by Gasteiger charge is 2.30. The molecule has 0 aliphatic carbocycles. The summed E-state index contributed by atoms with van der Waals surface area (Å²) in [5, 5.41) is 0. The van der Waals surface area contributed by atoms with E-state index in [4.69, 9.17) is 4.74 Å². The average molecular weight is 300 g/mol. The van der Waals surface area contributed by atoms with Gasteiger partial charge in [0.1, 0.15) is 17.3 Å². The Morgan fingerprint density at radius 3 is 2.38 bits per heavy atom. The molecule has 1 N–H and O–H groups in total. The molecule has 0 fully saturated rings. The molecule has 8 heteroatoms. The molecule has 1 heterocycles. The van der Waals surface area contributed by atoms with Crippen LogP contribution in [0.5, 0.6) is 17.4 Å². The molecule has 0 spiro atoms. The number of halogens is 3. The van der Waals surface area contributed by atoms with Gasteiger partial charge in [0, 0.05) is 6.42 Å². The minimum atomic E-state index is -4.74. The number of hydrogen-bond acceptors (Lipinski definition) is 4. The first-order valence-electron chi connectivity index (χ1n) is 5.99. The number of ether oxygens (including phenoxy) is 2. The summed E-state index contributed by atoms with van der Waals surface area (Å²) in [6.07, 6.45) is -4.22. The van der Waals surface area contributed by atoms with Crippen LogP contribution in [0.25, 0.3) is 0 Å². The molecule has 2 aromatic rings. The van der Waals surface area contributed by atoms with Crippen molar-refractivity contribution in [2.75, 3.05) is 0 Å². The van der Waals surface area contributed by atoms with Crippen molar-refractivity contribution in [3.63, 3.8) is 0 Å². The van der Waals surface area contributed by atoms with Crippen LogP contribution < -0.4 is 15.0 Å². The molecule has 0 amide bonds. The number of aromatic nitrogens is 2. The standard InChI is InChI=1S/C13H11F3N2O3/c1-2-10-17-11(19)7-12(18-10)20-8-3-5-9(6-4-8)21-13(14,15)16/h3-7H,2H2,1H3,(H,17,18,19). The van der Waals surface area contributed by atoms with Gasteiger partial charge in [-0.25, -0.2) is 0 Å². The van der Waals surface area contributed by atoms with Crippen LogP contribution in [0.1, 0.15) is 12.7 Å². The lowest BCUT2D eigenvalue weighted by Gasteiger charge is -2.09. The van der Waals surface area contributed by atoms with Crippen LogP contribution in [-0.2, 0) is 6.42 Å². The van der Waals surface area contributed by atoms with Gasteiger partial charge in [0.25, 0.3) is 5.56 Å². The van der Waals surface area contributed by atoms with Crippen LogP contribution in [0.15, 0.2) is 35.1 Å². The second-order valence-corrected chi connectivity index (χ2v) is 4.01. The first kappa shape index (κ1) is 14.9. The Balaban J connectivity index is 2.13. The number of benzene rings is 1. The Hall–Kier alpha value is -2.51. The fourth-order valence-electron chi connectivity index (χ4n) is 1.53. The van der Waals surface area contributed by atoms with Gasteiger partial charge >= 0.3 is 6.36 Å². The molecule has 0 atom stereocenters. The second-order valence-electron chi connectivity index (χ2n) is 4.01. The number of aryl methyl sites for hydroxylation is 1. The van der Waals surface area contributed by atoms with Crippen molar-refractivity contribution in [1.82, 2.24) is 9.97 Å². The quantitative estimate of drug-likeness (QED) is 0.942.